The Morgan fingerprint density at radius 1 is 0.838 bits per heavy atom. The molecule has 37 heavy (non-hydrogen) atoms. The maximum Gasteiger partial charge on any atom is 0.225 e. The van der Waals surface area contributed by atoms with E-state index in [0.29, 0.717) is 5.91 Å². The molecule has 7 nitrogen and oxygen atoms in total. The second kappa shape index (κ2) is 10.7. The number of fused-ring (bicyclic) bond motifs is 1. The number of likely N-dealkylation sites (N-methyl/N-ethyl adjacent to an activating group) is 1. The van der Waals surface area contributed by atoms with Crippen molar-refractivity contribution in [3.05, 3.63) is 48.8 Å². The minimum atomic E-state index is 0.258. The number of carbonyl (C=O) groups excluding carboxylic acids is 1. The number of amides is 1. The molecule has 3 fully saturated rings. The second-order valence-electron chi connectivity index (χ2n) is 10.9. The Hall–Kier alpha value is -3.06. The van der Waals surface area contributed by atoms with Crippen LogP contribution in [0, 0.1) is 5.92 Å². The summed E-state index contributed by atoms with van der Waals surface area (Å²) in [6, 6.07) is 13.4. The van der Waals surface area contributed by atoms with Gasteiger partial charge in [-0.2, -0.15) is 5.10 Å². The van der Waals surface area contributed by atoms with Crippen LogP contribution >= 0.6 is 0 Å². The molecule has 0 radical (unpaired) electrons. The van der Waals surface area contributed by atoms with E-state index < -0.39 is 0 Å². The molecule has 3 aliphatic rings. The van der Waals surface area contributed by atoms with Crippen LogP contribution in [0.5, 0.6) is 0 Å². The molecule has 196 valence electrons. The van der Waals surface area contributed by atoms with Crippen LogP contribution in [0.3, 0.4) is 0 Å². The average Bonchev–Trinajstić information content (AvgIpc) is 3.42. The van der Waals surface area contributed by atoms with E-state index in [4.69, 9.17) is 0 Å². The minimum Gasteiger partial charge on any atom is -0.369 e. The normalized spacial score (nSPS) is 20.1. The van der Waals surface area contributed by atoms with Gasteiger partial charge in [0.15, 0.2) is 0 Å². The van der Waals surface area contributed by atoms with E-state index in [1.165, 1.54) is 41.8 Å². The lowest BCUT2D eigenvalue weighted by Crippen LogP contribution is -2.50. The molecule has 1 aliphatic carbocycles. The zero-order chi connectivity index (χ0) is 25.2. The highest BCUT2D eigenvalue weighted by Gasteiger charge is 2.29. The van der Waals surface area contributed by atoms with Gasteiger partial charge in [-0.3, -0.25) is 4.79 Å². The van der Waals surface area contributed by atoms with Crippen molar-refractivity contribution in [2.24, 2.45) is 5.92 Å². The summed E-state index contributed by atoms with van der Waals surface area (Å²) in [4.78, 5) is 22.5. The molecular formula is C30H40N6O. The Kier molecular flexibility index (Phi) is 7.05. The molecule has 6 rings (SSSR count). The molecular weight excluding hydrogens is 460 g/mol. The Balaban J connectivity index is 1.14. The molecule has 0 N–H and O–H groups in total. The summed E-state index contributed by atoms with van der Waals surface area (Å²) < 4.78 is 2.00. The van der Waals surface area contributed by atoms with Crippen molar-refractivity contribution < 1.29 is 4.79 Å². The van der Waals surface area contributed by atoms with Crippen LogP contribution in [0.2, 0.25) is 0 Å². The van der Waals surface area contributed by atoms with Gasteiger partial charge in [-0.1, -0.05) is 38.3 Å². The summed E-state index contributed by atoms with van der Waals surface area (Å²) in [7, 11) is 0. The van der Waals surface area contributed by atoms with Gasteiger partial charge >= 0.3 is 0 Å². The van der Waals surface area contributed by atoms with Gasteiger partial charge < -0.3 is 19.6 Å². The standard InChI is InChI=1S/C30H40N6O/c1-2-32-14-16-33(17-15-32)27-10-8-24(9-11-27)26-22-29-28(12-13-31-36(29)23-26)34-18-20-35(21-19-34)30(37)25-6-4-3-5-7-25/h8-13,22-23,25H,2-7,14-21H2,1H3. The molecule has 0 atom stereocenters. The van der Waals surface area contributed by atoms with Crippen LogP contribution in [0.1, 0.15) is 39.0 Å². The Morgan fingerprint density at radius 3 is 2.24 bits per heavy atom. The fourth-order valence-corrected chi connectivity index (χ4v) is 6.39. The molecule has 0 spiro atoms. The maximum absolute atomic E-state index is 13.0. The molecule has 2 saturated heterocycles. The molecule has 3 aromatic rings. The van der Waals surface area contributed by atoms with Crippen molar-refractivity contribution in [2.75, 3.05) is 68.7 Å². The number of aromatic nitrogens is 2. The molecule has 7 heteroatoms. The summed E-state index contributed by atoms with van der Waals surface area (Å²) in [5.74, 6) is 0.647. The minimum absolute atomic E-state index is 0.258. The van der Waals surface area contributed by atoms with Crippen molar-refractivity contribution in [1.29, 1.82) is 0 Å². The van der Waals surface area contributed by atoms with Crippen LogP contribution < -0.4 is 9.80 Å². The summed E-state index contributed by atoms with van der Waals surface area (Å²) in [5.41, 5.74) is 6.05. The van der Waals surface area contributed by atoms with Crippen molar-refractivity contribution in [3.63, 3.8) is 0 Å². The number of rotatable bonds is 5. The van der Waals surface area contributed by atoms with Crippen molar-refractivity contribution >= 4 is 22.8 Å². The lowest BCUT2D eigenvalue weighted by Gasteiger charge is -2.38. The smallest absolute Gasteiger partial charge is 0.225 e. The summed E-state index contributed by atoms with van der Waals surface area (Å²) in [5, 5.41) is 4.61. The first kappa shape index (κ1) is 24.3. The van der Waals surface area contributed by atoms with Gasteiger partial charge in [-0.05, 0) is 49.2 Å². The summed E-state index contributed by atoms with van der Waals surface area (Å²) in [6.07, 6.45) is 9.89. The van der Waals surface area contributed by atoms with Gasteiger partial charge in [-0.15, -0.1) is 0 Å². The fourth-order valence-electron chi connectivity index (χ4n) is 6.39. The number of benzene rings is 1. The van der Waals surface area contributed by atoms with Crippen LogP contribution in [0.15, 0.2) is 48.8 Å². The van der Waals surface area contributed by atoms with E-state index in [0.717, 1.165) is 77.3 Å². The first-order chi connectivity index (χ1) is 18.2. The van der Waals surface area contributed by atoms with Gasteiger partial charge in [0, 0.05) is 81.9 Å². The second-order valence-corrected chi connectivity index (χ2v) is 10.9. The van der Waals surface area contributed by atoms with Crippen molar-refractivity contribution in [1.82, 2.24) is 19.4 Å². The molecule has 4 heterocycles. The number of anilines is 2. The number of carbonyl (C=O) groups is 1. The summed E-state index contributed by atoms with van der Waals surface area (Å²) >= 11 is 0. The molecule has 0 unspecified atom stereocenters. The van der Waals surface area contributed by atoms with E-state index in [-0.39, 0.29) is 5.92 Å². The molecule has 2 aromatic heterocycles. The fraction of sp³-hybridized carbons (Fsp3) is 0.533. The lowest BCUT2D eigenvalue weighted by molar-refractivity contribution is -0.136. The largest absolute Gasteiger partial charge is 0.369 e. The zero-order valence-corrected chi connectivity index (χ0v) is 22.2. The number of hydrogen-bond acceptors (Lipinski definition) is 5. The lowest BCUT2D eigenvalue weighted by atomic mass is 9.88. The highest BCUT2D eigenvalue weighted by molar-refractivity contribution is 5.81. The quantitative estimate of drug-likeness (QED) is 0.521. The Morgan fingerprint density at radius 2 is 1.54 bits per heavy atom. The third-order valence-corrected chi connectivity index (χ3v) is 8.76. The zero-order valence-electron chi connectivity index (χ0n) is 22.2. The average molecular weight is 501 g/mol. The van der Waals surface area contributed by atoms with E-state index in [9.17, 15) is 4.79 Å². The van der Waals surface area contributed by atoms with E-state index in [1.807, 2.05) is 10.7 Å². The molecule has 0 bridgehead atoms. The predicted molar refractivity (Wildman–Crippen MR) is 150 cm³/mol. The van der Waals surface area contributed by atoms with Crippen molar-refractivity contribution in [2.45, 2.75) is 39.0 Å². The predicted octanol–water partition coefficient (Wildman–Crippen LogP) is 4.37. The highest BCUT2D eigenvalue weighted by Crippen LogP contribution is 2.31. The third kappa shape index (κ3) is 5.06. The molecule has 1 aromatic carbocycles. The number of nitrogens with zero attached hydrogens (tertiary/aromatic N) is 6. The molecule has 1 amide bonds. The van der Waals surface area contributed by atoms with Gasteiger partial charge in [0.1, 0.15) is 0 Å². The van der Waals surface area contributed by atoms with E-state index in [1.54, 1.807) is 0 Å². The molecule has 1 saturated carbocycles. The van der Waals surface area contributed by atoms with Gasteiger partial charge in [-0.25, -0.2) is 4.52 Å². The van der Waals surface area contributed by atoms with Gasteiger partial charge in [0.05, 0.1) is 11.2 Å². The van der Waals surface area contributed by atoms with E-state index in [2.05, 4.69) is 74.2 Å². The van der Waals surface area contributed by atoms with Gasteiger partial charge in [0.2, 0.25) is 5.91 Å². The number of hydrogen-bond donors (Lipinski definition) is 0. The molecule has 2 aliphatic heterocycles. The Bertz CT molecular complexity index is 1200. The van der Waals surface area contributed by atoms with Crippen LogP contribution in [0.4, 0.5) is 11.4 Å². The van der Waals surface area contributed by atoms with Crippen molar-refractivity contribution in [3.8, 4) is 11.1 Å². The summed E-state index contributed by atoms with van der Waals surface area (Å²) in [6.45, 7) is 11.2. The van der Waals surface area contributed by atoms with Crippen LogP contribution in [-0.2, 0) is 4.79 Å². The highest BCUT2D eigenvalue weighted by atomic mass is 16.2. The number of piperazine rings is 2. The SMILES string of the molecule is CCN1CCN(c2ccc(-c3cc4c(N5CCN(C(=O)C6CCCCC6)CC5)ccnn4c3)cc2)CC1. The van der Waals surface area contributed by atoms with Gasteiger partial charge in [0.25, 0.3) is 0 Å². The van der Waals surface area contributed by atoms with E-state index >= 15 is 0 Å². The van der Waals surface area contributed by atoms with Crippen LogP contribution in [-0.4, -0.2) is 84.2 Å². The van der Waals surface area contributed by atoms with Crippen LogP contribution in [0.25, 0.3) is 16.6 Å². The Labute approximate surface area is 220 Å². The topological polar surface area (TPSA) is 47.3 Å². The monoisotopic (exact) mass is 500 g/mol. The third-order valence-electron chi connectivity index (χ3n) is 8.76. The first-order valence-corrected chi connectivity index (χ1v) is 14.3. The first-order valence-electron chi connectivity index (χ1n) is 14.3. The maximum atomic E-state index is 13.0.